The predicted octanol–water partition coefficient (Wildman–Crippen LogP) is 0.0479. The van der Waals surface area contributed by atoms with E-state index in [2.05, 4.69) is 25.0 Å². The lowest BCUT2D eigenvalue weighted by Crippen LogP contribution is -2.41. The molecule has 0 aliphatic carbocycles. The van der Waals surface area contributed by atoms with E-state index in [0.29, 0.717) is 34.8 Å². The molecule has 0 aliphatic heterocycles. The smallest absolute Gasteiger partial charge is 0.407 e. The van der Waals surface area contributed by atoms with Gasteiger partial charge in [-0.15, -0.1) is 0 Å². The lowest BCUT2D eigenvalue weighted by Gasteiger charge is -2.15. The van der Waals surface area contributed by atoms with Crippen molar-refractivity contribution in [3.05, 3.63) is 28.1 Å². The quantitative estimate of drug-likeness (QED) is 0.601. The second-order valence-corrected chi connectivity index (χ2v) is 5.99. The van der Waals surface area contributed by atoms with Crippen molar-refractivity contribution < 1.29 is 19.1 Å². The van der Waals surface area contributed by atoms with Gasteiger partial charge in [-0.25, -0.2) is 24.0 Å². The number of nitrogens with one attached hydrogen (secondary N) is 2. The van der Waals surface area contributed by atoms with Gasteiger partial charge >= 0.3 is 12.1 Å². The number of aromatic nitrogens is 5. The molecule has 0 radical (unpaired) electrons. The van der Waals surface area contributed by atoms with Crippen molar-refractivity contribution in [2.24, 2.45) is 7.05 Å². The Morgan fingerprint density at radius 1 is 1.33 bits per heavy atom. The topological polar surface area (TPSA) is 133 Å². The Labute approximate surface area is 153 Å². The van der Waals surface area contributed by atoms with Crippen molar-refractivity contribution in [3.8, 4) is 0 Å². The van der Waals surface area contributed by atoms with Crippen molar-refractivity contribution in [2.45, 2.75) is 25.8 Å². The molecule has 0 spiro atoms. The number of nitrogens with zero attached hydrogens (tertiary/aromatic N) is 4. The zero-order valence-corrected chi connectivity index (χ0v) is 15.4. The SMILES string of the molecule is COC(=O)NC(CCc1c(C)nc2n(C)c3nc[nH]c3c(=O)n12)C(=O)OC. The van der Waals surface area contributed by atoms with Crippen LogP contribution in [0.1, 0.15) is 17.8 Å². The summed E-state index contributed by atoms with van der Waals surface area (Å²) in [6.45, 7) is 1.78. The van der Waals surface area contributed by atoms with Crippen LogP contribution < -0.4 is 10.9 Å². The first-order chi connectivity index (χ1) is 12.9. The van der Waals surface area contributed by atoms with Crippen LogP contribution in [0.2, 0.25) is 0 Å². The number of imidazole rings is 2. The zero-order valence-electron chi connectivity index (χ0n) is 15.4. The largest absolute Gasteiger partial charge is 0.467 e. The van der Waals surface area contributed by atoms with Gasteiger partial charge in [-0.1, -0.05) is 0 Å². The highest BCUT2D eigenvalue weighted by Gasteiger charge is 2.24. The highest BCUT2D eigenvalue weighted by atomic mass is 16.5. The number of aromatic amines is 1. The normalized spacial score (nSPS) is 12.3. The second-order valence-electron chi connectivity index (χ2n) is 5.99. The molecule has 0 saturated heterocycles. The van der Waals surface area contributed by atoms with Crippen LogP contribution >= 0.6 is 0 Å². The Morgan fingerprint density at radius 3 is 2.74 bits per heavy atom. The van der Waals surface area contributed by atoms with Crippen molar-refractivity contribution in [1.29, 1.82) is 0 Å². The Bertz CT molecular complexity index is 1080. The molecule has 1 amide bonds. The molecule has 3 aromatic heterocycles. The lowest BCUT2D eigenvalue weighted by atomic mass is 10.1. The van der Waals surface area contributed by atoms with E-state index in [9.17, 15) is 14.4 Å². The van der Waals surface area contributed by atoms with Gasteiger partial charge in [0.25, 0.3) is 5.56 Å². The minimum atomic E-state index is -0.910. The number of hydrogen-bond acceptors (Lipinski definition) is 7. The summed E-state index contributed by atoms with van der Waals surface area (Å²) in [7, 11) is 4.21. The summed E-state index contributed by atoms with van der Waals surface area (Å²) in [5.41, 5.74) is 1.88. The van der Waals surface area contributed by atoms with Crippen LogP contribution in [-0.4, -0.2) is 56.2 Å². The van der Waals surface area contributed by atoms with E-state index < -0.39 is 18.1 Å². The number of ether oxygens (including phenoxy) is 2. The lowest BCUT2D eigenvalue weighted by molar-refractivity contribution is -0.143. The maximum Gasteiger partial charge on any atom is 0.407 e. The van der Waals surface area contributed by atoms with Crippen LogP contribution in [0.15, 0.2) is 11.1 Å². The van der Waals surface area contributed by atoms with E-state index in [0.717, 1.165) is 0 Å². The number of carbonyl (C=O) groups excluding carboxylic acids is 2. The molecule has 3 aromatic rings. The van der Waals surface area contributed by atoms with Gasteiger partial charge < -0.3 is 19.8 Å². The monoisotopic (exact) mass is 376 g/mol. The van der Waals surface area contributed by atoms with Gasteiger partial charge in [0.05, 0.1) is 31.9 Å². The molecule has 0 saturated carbocycles. The maximum absolute atomic E-state index is 12.9. The highest BCUT2D eigenvalue weighted by molar-refractivity contribution is 5.81. The molecule has 0 fully saturated rings. The fourth-order valence-corrected chi connectivity index (χ4v) is 3.06. The highest BCUT2D eigenvalue weighted by Crippen LogP contribution is 2.16. The van der Waals surface area contributed by atoms with Gasteiger partial charge in [0.1, 0.15) is 11.6 Å². The minimum Gasteiger partial charge on any atom is -0.467 e. The molecule has 144 valence electrons. The summed E-state index contributed by atoms with van der Waals surface area (Å²) >= 11 is 0. The van der Waals surface area contributed by atoms with Gasteiger partial charge in [0, 0.05) is 7.05 Å². The molecule has 0 aliphatic rings. The van der Waals surface area contributed by atoms with Gasteiger partial charge in [-0.05, 0) is 19.8 Å². The van der Waals surface area contributed by atoms with E-state index >= 15 is 0 Å². The fraction of sp³-hybridized carbons (Fsp3) is 0.438. The molecule has 2 N–H and O–H groups in total. The van der Waals surface area contributed by atoms with Gasteiger partial charge in [0.15, 0.2) is 5.65 Å². The van der Waals surface area contributed by atoms with Crippen molar-refractivity contribution in [1.82, 2.24) is 29.2 Å². The molecular formula is C16H20N6O5. The third kappa shape index (κ3) is 3.11. The molecule has 3 rings (SSSR count). The number of alkyl carbamates (subject to hydrolysis) is 1. The van der Waals surface area contributed by atoms with E-state index in [1.807, 2.05) is 0 Å². The van der Waals surface area contributed by atoms with Crippen LogP contribution in [0.4, 0.5) is 4.79 Å². The van der Waals surface area contributed by atoms with Crippen molar-refractivity contribution in [2.75, 3.05) is 14.2 Å². The standard InChI is InChI=1S/C16H20N6O5/c1-8-10(6-5-9(14(24)26-3)20-16(25)27-4)22-13(23)11-12(18-7-17-11)21(2)15(22)19-8/h7,9H,5-6H2,1-4H3,(H,17,18)(H,20,25). The Hall–Kier alpha value is -3.37. The van der Waals surface area contributed by atoms with Crippen LogP contribution in [-0.2, 0) is 27.7 Å². The third-order valence-corrected chi connectivity index (χ3v) is 4.44. The van der Waals surface area contributed by atoms with Crippen LogP contribution in [0.3, 0.4) is 0 Å². The molecular weight excluding hydrogens is 356 g/mol. The molecule has 0 aromatic carbocycles. The third-order valence-electron chi connectivity index (χ3n) is 4.44. The molecule has 3 heterocycles. The molecule has 11 nitrogen and oxygen atoms in total. The molecule has 1 atom stereocenters. The summed E-state index contributed by atoms with van der Waals surface area (Å²) in [5.74, 6) is -0.154. The van der Waals surface area contributed by atoms with Gasteiger partial charge in [-0.3, -0.25) is 9.36 Å². The minimum absolute atomic E-state index is 0.209. The molecule has 11 heteroatoms. The average Bonchev–Trinajstić information content (AvgIpc) is 3.27. The number of rotatable bonds is 5. The van der Waals surface area contributed by atoms with Gasteiger partial charge in [0.2, 0.25) is 5.78 Å². The Morgan fingerprint density at radius 2 is 2.07 bits per heavy atom. The number of H-pyrrole nitrogens is 1. The first kappa shape index (κ1) is 18.4. The molecule has 27 heavy (non-hydrogen) atoms. The van der Waals surface area contributed by atoms with Gasteiger partial charge in [-0.2, -0.15) is 0 Å². The zero-order chi connectivity index (χ0) is 19.7. The van der Waals surface area contributed by atoms with Crippen molar-refractivity contribution in [3.63, 3.8) is 0 Å². The van der Waals surface area contributed by atoms with Crippen LogP contribution in [0.5, 0.6) is 0 Å². The van der Waals surface area contributed by atoms with Crippen molar-refractivity contribution >= 4 is 29.0 Å². The number of fused-ring (bicyclic) bond motifs is 2. The summed E-state index contributed by atoms with van der Waals surface area (Å²) in [6, 6.07) is -0.910. The van der Waals surface area contributed by atoms with Crippen LogP contribution in [0, 0.1) is 6.92 Å². The summed E-state index contributed by atoms with van der Waals surface area (Å²) in [6.07, 6.45) is 1.23. The van der Waals surface area contributed by atoms with E-state index in [4.69, 9.17) is 4.74 Å². The Balaban J connectivity index is 2.00. The first-order valence-electron chi connectivity index (χ1n) is 8.21. The maximum atomic E-state index is 12.9. The molecule has 1 unspecified atom stereocenters. The second kappa shape index (κ2) is 7.09. The number of amides is 1. The summed E-state index contributed by atoms with van der Waals surface area (Å²) in [4.78, 5) is 47.7. The van der Waals surface area contributed by atoms with Crippen LogP contribution in [0.25, 0.3) is 16.9 Å². The number of esters is 1. The number of hydrogen-bond donors (Lipinski definition) is 2. The molecule has 0 bridgehead atoms. The average molecular weight is 376 g/mol. The predicted molar refractivity (Wildman–Crippen MR) is 94.5 cm³/mol. The van der Waals surface area contributed by atoms with E-state index in [-0.39, 0.29) is 12.0 Å². The van der Waals surface area contributed by atoms with E-state index in [1.165, 1.54) is 24.9 Å². The number of carbonyl (C=O) groups is 2. The summed E-state index contributed by atoms with van der Waals surface area (Å²) < 4.78 is 12.5. The Kier molecular flexibility index (Phi) is 4.84. The first-order valence-corrected chi connectivity index (χ1v) is 8.21. The number of methoxy groups -OCH3 is 2. The van der Waals surface area contributed by atoms with E-state index in [1.54, 1.807) is 18.5 Å². The number of aryl methyl sites for hydroxylation is 3. The summed E-state index contributed by atoms with van der Waals surface area (Å²) in [5, 5.41) is 2.43. The fourth-order valence-electron chi connectivity index (χ4n) is 3.06.